The average molecular weight is 382 g/mol. The van der Waals surface area contributed by atoms with Crippen molar-refractivity contribution in [2.24, 2.45) is 0 Å². The standard InChI is InChI=1S/C23H18N4O2/c28-23(20-14-22(29-26-20)17-5-3-12-24-15-17)25-18-7-9-19(10-8-18)27-13-11-16-4-1-2-6-21(16)27/h1-10,12,14-15H,11,13H2,(H,25,28). The molecule has 0 saturated carbocycles. The zero-order valence-corrected chi connectivity index (χ0v) is 15.6. The van der Waals surface area contributed by atoms with E-state index in [1.54, 1.807) is 24.5 Å². The van der Waals surface area contributed by atoms with Crippen LogP contribution in [0.5, 0.6) is 0 Å². The number of nitrogens with one attached hydrogen (secondary N) is 1. The van der Waals surface area contributed by atoms with Gasteiger partial charge in [0.05, 0.1) is 0 Å². The van der Waals surface area contributed by atoms with Crippen molar-refractivity contribution >= 4 is 23.0 Å². The number of amides is 1. The van der Waals surface area contributed by atoms with E-state index < -0.39 is 0 Å². The third kappa shape index (κ3) is 3.36. The number of para-hydroxylation sites is 1. The molecule has 5 rings (SSSR count). The van der Waals surface area contributed by atoms with Gasteiger partial charge in [0.15, 0.2) is 11.5 Å². The Kier molecular flexibility index (Phi) is 4.29. The van der Waals surface area contributed by atoms with Crippen molar-refractivity contribution in [3.63, 3.8) is 0 Å². The molecule has 2 aromatic heterocycles. The van der Waals surface area contributed by atoms with Crippen LogP contribution in [0.3, 0.4) is 0 Å². The number of hydrogen-bond acceptors (Lipinski definition) is 5. The van der Waals surface area contributed by atoms with E-state index in [0.29, 0.717) is 11.4 Å². The number of nitrogens with zero attached hydrogens (tertiary/aromatic N) is 3. The lowest BCUT2D eigenvalue weighted by molar-refractivity contribution is 0.101. The average Bonchev–Trinajstić information content (AvgIpc) is 3.43. The zero-order valence-electron chi connectivity index (χ0n) is 15.6. The molecule has 6 nitrogen and oxygen atoms in total. The van der Waals surface area contributed by atoms with Gasteiger partial charge < -0.3 is 14.7 Å². The van der Waals surface area contributed by atoms with E-state index in [1.807, 2.05) is 30.3 Å². The van der Waals surface area contributed by atoms with Crippen molar-refractivity contribution < 1.29 is 9.32 Å². The molecule has 4 aromatic rings. The quantitative estimate of drug-likeness (QED) is 0.555. The summed E-state index contributed by atoms with van der Waals surface area (Å²) >= 11 is 0. The first-order valence-corrected chi connectivity index (χ1v) is 9.42. The smallest absolute Gasteiger partial charge is 0.277 e. The van der Waals surface area contributed by atoms with Crippen LogP contribution >= 0.6 is 0 Å². The summed E-state index contributed by atoms with van der Waals surface area (Å²) in [5.74, 6) is 0.189. The largest absolute Gasteiger partial charge is 0.355 e. The van der Waals surface area contributed by atoms with E-state index >= 15 is 0 Å². The van der Waals surface area contributed by atoms with Gasteiger partial charge in [0.2, 0.25) is 0 Å². The molecule has 0 radical (unpaired) electrons. The molecular formula is C23H18N4O2. The molecule has 0 fully saturated rings. The number of carbonyl (C=O) groups is 1. The van der Waals surface area contributed by atoms with Gasteiger partial charge in [0.1, 0.15) is 0 Å². The van der Waals surface area contributed by atoms with Crippen molar-refractivity contribution in [2.75, 3.05) is 16.8 Å². The first-order valence-electron chi connectivity index (χ1n) is 9.42. The van der Waals surface area contributed by atoms with E-state index in [0.717, 1.165) is 24.2 Å². The molecule has 0 saturated heterocycles. The molecule has 1 aliphatic rings. The van der Waals surface area contributed by atoms with Gasteiger partial charge in [0, 0.05) is 47.6 Å². The normalized spacial score (nSPS) is 12.6. The number of anilines is 3. The Morgan fingerprint density at radius 2 is 1.90 bits per heavy atom. The molecule has 0 unspecified atom stereocenters. The summed E-state index contributed by atoms with van der Waals surface area (Å²) in [6.07, 6.45) is 4.38. The van der Waals surface area contributed by atoms with Gasteiger partial charge in [-0.25, -0.2) is 0 Å². The maximum absolute atomic E-state index is 12.5. The number of carbonyl (C=O) groups excluding carboxylic acids is 1. The number of aromatic nitrogens is 2. The molecular weight excluding hydrogens is 364 g/mol. The first-order chi connectivity index (χ1) is 14.3. The molecule has 0 aliphatic carbocycles. The van der Waals surface area contributed by atoms with E-state index in [-0.39, 0.29) is 11.6 Å². The highest BCUT2D eigenvalue weighted by Gasteiger charge is 2.20. The first kappa shape index (κ1) is 17.2. The summed E-state index contributed by atoms with van der Waals surface area (Å²) in [6, 6.07) is 21.5. The highest BCUT2D eigenvalue weighted by atomic mass is 16.5. The lowest BCUT2D eigenvalue weighted by Crippen LogP contribution is -2.14. The highest BCUT2D eigenvalue weighted by molar-refractivity contribution is 6.03. The van der Waals surface area contributed by atoms with Gasteiger partial charge in [-0.3, -0.25) is 9.78 Å². The number of hydrogen-bond donors (Lipinski definition) is 1. The molecule has 1 amide bonds. The third-order valence-corrected chi connectivity index (χ3v) is 5.01. The van der Waals surface area contributed by atoms with E-state index in [2.05, 4.69) is 44.6 Å². The molecule has 3 heterocycles. The second-order valence-electron chi connectivity index (χ2n) is 6.85. The SMILES string of the molecule is O=C(Nc1ccc(N2CCc3ccccc32)cc1)c1cc(-c2cccnc2)on1. The van der Waals surface area contributed by atoms with Crippen molar-refractivity contribution in [2.45, 2.75) is 6.42 Å². The van der Waals surface area contributed by atoms with Gasteiger partial charge in [0.25, 0.3) is 5.91 Å². The number of rotatable bonds is 4. The minimum atomic E-state index is -0.317. The van der Waals surface area contributed by atoms with Crippen LogP contribution in [0.4, 0.5) is 17.1 Å². The fourth-order valence-corrected chi connectivity index (χ4v) is 3.55. The van der Waals surface area contributed by atoms with Gasteiger partial charge in [-0.15, -0.1) is 0 Å². The molecule has 0 atom stereocenters. The van der Waals surface area contributed by atoms with E-state index in [1.165, 1.54) is 11.3 Å². The predicted molar refractivity (Wildman–Crippen MR) is 111 cm³/mol. The molecule has 2 aromatic carbocycles. The van der Waals surface area contributed by atoms with Gasteiger partial charge in [-0.2, -0.15) is 0 Å². The molecule has 1 aliphatic heterocycles. The highest BCUT2D eigenvalue weighted by Crippen LogP contribution is 2.34. The Morgan fingerprint density at radius 1 is 1.03 bits per heavy atom. The molecule has 29 heavy (non-hydrogen) atoms. The van der Waals surface area contributed by atoms with Crippen LogP contribution in [0.25, 0.3) is 11.3 Å². The Labute approximate surface area is 167 Å². The Morgan fingerprint density at radius 3 is 2.72 bits per heavy atom. The maximum atomic E-state index is 12.5. The number of pyridine rings is 1. The van der Waals surface area contributed by atoms with Crippen LogP contribution in [-0.4, -0.2) is 22.6 Å². The minimum Gasteiger partial charge on any atom is -0.355 e. The van der Waals surface area contributed by atoms with Gasteiger partial charge in [-0.1, -0.05) is 23.4 Å². The molecule has 6 heteroatoms. The van der Waals surface area contributed by atoms with Gasteiger partial charge in [-0.05, 0) is 54.4 Å². The summed E-state index contributed by atoms with van der Waals surface area (Å²) in [7, 11) is 0. The summed E-state index contributed by atoms with van der Waals surface area (Å²) < 4.78 is 5.27. The molecule has 142 valence electrons. The monoisotopic (exact) mass is 382 g/mol. The minimum absolute atomic E-state index is 0.224. The van der Waals surface area contributed by atoms with Crippen LogP contribution < -0.4 is 10.2 Å². The number of benzene rings is 2. The van der Waals surface area contributed by atoms with Crippen molar-refractivity contribution in [3.05, 3.63) is 90.4 Å². The van der Waals surface area contributed by atoms with Crippen LogP contribution in [0.15, 0.2) is 83.6 Å². The van der Waals surface area contributed by atoms with Crippen molar-refractivity contribution in [3.8, 4) is 11.3 Å². The lowest BCUT2D eigenvalue weighted by Gasteiger charge is -2.19. The van der Waals surface area contributed by atoms with E-state index in [9.17, 15) is 4.79 Å². The van der Waals surface area contributed by atoms with Crippen molar-refractivity contribution in [1.82, 2.24) is 10.1 Å². The lowest BCUT2D eigenvalue weighted by atomic mass is 10.2. The molecule has 0 bridgehead atoms. The predicted octanol–water partition coefficient (Wildman–Crippen LogP) is 4.68. The maximum Gasteiger partial charge on any atom is 0.277 e. The van der Waals surface area contributed by atoms with Gasteiger partial charge >= 0.3 is 0 Å². The second-order valence-corrected chi connectivity index (χ2v) is 6.85. The Bertz CT molecular complexity index is 1150. The molecule has 1 N–H and O–H groups in total. The summed E-state index contributed by atoms with van der Waals surface area (Å²) in [5.41, 5.74) is 5.41. The topological polar surface area (TPSA) is 71.3 Å². The van der Waals surface area contributed by atoms with Crippen LogP contribution in [-0.2, 0) is 6.42 Å². The van der Waals surface area contributed by atoms with Crippen LogP contribution in [0.1, 0.15) is 16.1 Å². The van der Waals surface area contributed by atoms with E-state index in [4.69, 9.17) is 4.52 Å². The molecule has 0 spiro atoms. The summed E-state index contributed by atoms with van der Waals surface area (Å²) in [5, 5.41) is 6.74. The second kappa shape index (κ2) is 7.24. The Hall–Kier alpha value is -3.93. The summed E-state index contributed by atoms with van der Waals surface area (Å²) in [4.78, 5) is 18.8. The summed E-state index contributed by atoms with van der Waals surface area (Å²) in [6.45, 7) is 0.959. The zero-order chi connectivity index (χ0) is 19.6. The number of fused-ring (bicyclic) bond motifs is 1. The fraction of sp³-hybridized carbons (Fsp3) is 0.0870. The third-order valence-electron chi connectivity index (χ3n) is 5.01. The van der Waals surface area contributed by atoms with Crippen LogP contribution in [0, 0.1) is 0 Å². The van der Waals surface area contributed by atoms with Crippen LogP contribution in [0.2, 0.25) is 0 Å². The van der Waals surface area contributed by atoms with Crippen molar-refractivity contribution in [1.29, 1.82) is 0 Å². The fourth-order valence-electron chi connectivity index (χ4n) is 3.55. The Balaban J connectivity index is 1.29.